The summed E-state index contributed by atoms with van der Waals surface area (Å²) in [6.45, 7) is 0. The molecule has 0 spiro atoms. The van der Waals surface area contributed by atoms with Gasteiger partial charge in [-0.1, -0.05) is 12.1 Å². The molecule has 0 aromatic heterocycles. The van der Waals surface area contributed by atoms with Gasteiger partial charge in [0.2, 0.25) is 11.7 Å². The molecule has 0 radical (unpaired) electrons. The number of carboxylic acid groups (broad SMARTS) is 1. The molecule has 0 aliphatic heterocycles. The smallest absolute Gasteiger partial charge is 0.326 e. The van der Waals surface area contributed by atoms with Gasteiger partial charge in [0.1, 0.15) is 11.9 Å². The van der Waals surface area contributed by atoms with Crippen molar-refractivity contribution in [1.29, 1.82) is 0 Å². The van der Waals surface area contributed by atoms with Crippen LogP contribution in [0.3, 0.4) is 0 Å². The zero-order valence-electron chi connectivity index (χ0n) is 13.8. The number of hydrogen-bond acceptors (Lipinski definition) is 2. The Morgan fingerprint density at radius 1 is 0.893 bits per heavy atom. The van der Waals surface area contributed by atoms with Crippen molar-refractivity contribution in [2.24, 2.45) is 0 Å². The van der Waals surface area contributed by atoms with Crippen LogP contribution < -0.4 is 5.32 Å². The van der Waals surface area contributed by atoms with Crippen molar-refractivity contribution in [2.75, 3.05) is 0 Å². The standard InChI is InChI=1S/C18H11F6NO3/c19-9-3-1-8(2-4-9)7-11(18(27)28)25-12(26)6-5-10-13(20)15(22)17(24)16(23)14(10)21/h1-6,11H,7H2,(H,25,26)(H,27,28)/t11-/m0/s1. The summed E-state index contributed by atoms with van der Waals surface area (Å²) in [5, 5.41) is 11.1. The van der Waals surface area contributed by atoms with E-state index in [0.717, 1.165) is 12.1 Å². The molecule has 10 heteroatoms. The highest BCUT2D eigenvalue weighted by atomic mass is 19.2. The van der Waals surface area contributed by atoms with Gasteiger partial charge in [-0.3, -0.25) is 4.79 Å². The molecule has 0 aliphatic carbocycles. The van der Waals surface area contributed by atoms with Gasteiger partial charge in [-0.2, -0.15) is 0 Å². The second kappa shape index (κ2) is 8.59. The fourth-order valence-corrected chi connectivity index (χ4v) is 2.20. The highest BCUT2D eigenvalue weighted by Crippen LogP contribution is 2.23. The summed E-state index contributed by atoms with van der Waals surface area (Å²) >= 11 is 0. The number of carboxylic acids is 1. The van der Waals surface area contributed by atoms with Gasteiger partial charge < -0.3 is 10.4 Å². The van der Waals surface area contributed by atoms with Crippen molar-refractivity contribution < 1.29 is 41.0 Å². The van der Waals surface area contributed by atoms with Crippen molar-refractivity contribution in [3.63, 3.8) is 0 Å². The van der Waals surface area contributed by atoms with Crippen LogP contribution in [0.5, 0.6) is 0 Å². The molecule has 28 heavy (non-hydrogen) atoms. The minimum Gasteiger partial charge on any atom is -0.480 e. The average Bonchev–Trinajstić information content (AvgIpc) is 2.65. The average molecular weight is 403 g/mol. The number of aliphatic carboxylic acids is 1. The van der Waals surface area contributed by atoms with E-state index in [1.807, 2.05) is 5.32 Å². The molecule has 4 nitrogen and oxygen atoms in total. The Morgan fingerprint density at radius 3 is 1.89 bits per heavy atom. The van der Waals surface area contributed by atoms with E-state index in [9.17, 15) is 35.9 Å². The number of rotatable bonds is 6. The molecular weight excluding hydrogens is 392 g/mol. The first-order chi connectivity index (χ1) is 13.1. The molecule has 0 fully saturated rings. The highest BCUT2D eigenvalue weighted by molar-refractivity contribution is 5.94. The van der Waals surface area contributed by atoms with Crippen LogP contribution >= 0.6 is 0 Å². The van der Waals surface area contributed by atoms with Crippen molar-refractivity contribution in [2.45, 2.75) is 12.5 Å². The van der Waals surface area contributed by atoms with Crippen LogP contribution in [0, 0.1) is 34.9 Å². The number of halogens is 6. The van der Waals surface area contributed by atoms with Gasteiger partial charge in [-0.15, -0.1) is 0 Å². The molecule has 2 aromatic rings. The van der Waals surface area contributed by atoms with E-state index in [1.165, 1.54) is 12.1 Å². The number of nitrogens with one attached hydrogen (secondary N) is 1. The Bertz CT molecular complexity index is 914. The first kappa shape index (κ1) is 21.0. The Hall–Kier alpha value is -3.30. The van der Waals surface area contributed by atoms with Crippen LogP contribution in [0.25, 0.3) is 6.08 Å². The Kier molecular flexibility index (Phi) is 6.45. The van der Waals surface area contributed by atoms with Crippen LogP contribution in [0.2, 0.25) is 0 Å². The SMILES string of the molecule is O=C(C=Cc1c(F)c(F)c(F)c(F)c1F)N[C@@H](Cc1ccc(F)cc1)C(=O)O. The lowest BCUT2D eigenvalue weighted by molar-refractivity contribution is -0.141. The maximum absolute atomic E-state index is 13.5. The predicted octanol–water partition coefficient (Wildman–Crippen LogP) is 3.35. The van der Waals surface area contributed by atoms with Gasteiger partial charge in [0, 0.05) is 12.5 Å². The number of amides is 1. The zero-order valence-corrected chi connectivity index (χ0v) is 13.8. The second-order valence-corrected chi connectivity index (χ2v) is 5.55. The summed E-state index contributed by atoms with van der Waals surface area (Å²) in [7, 11) is 0. The lowest BCUT2D eigenvalue weighted by Gasteiger charge is -2.13. The number of hydrogen-bond donors (Lipinski definition) is 2. The van der Waals surface area contributed by atoms with Crippen LogP contribution in [-0.4, -0.2) is 23.0 Å². The molecule has 1 atom stereocenters. The summed E-state index contributed by atoms with van der Waals surface area (Å²) in [6.07, 6.45) is 0.527. The highest BCUT2D eigenvalue weighted by Gasteiger charge is 2.25. The normalized spacial score (nSPS) is 12.2. The van der Waals surface area contributed by atoms with E-state index in [4.69, 9.17) is 5.11 Å². The molecule has 0 heterocycles. The number of benzene rings is 2. The predicted molar refractivity (Wildman–Crippen MR) is 84.9 cm³/mol. The van der Waals surface area contributed by atoms with E-state index in [0.29, 0.717) is 17.7 Å². The molecule has 0 saturated carbocycles. The molecule has 0 unspecified atom stereocenters. The quantitative estimate of drug-likeness (QED) is 0.337. The zero-order chi connectivity index (χ0) is 21.0. The monoisotopic (exact) mass is 403 g/mol. The molecular formula is C18H11F6NO3. The van der Waals surface area contributed by atoms with Gasteiger partial charge >= 0.3 is 5.97 Å². The summed E-state index contributed by atoms with van der Waals surface area (Å²) in [4.78, 5) is 23.0. The fraction of sp³-hybridized carbons (Fsp3) is 0.111. The first-order valence-electron chi connectivity index (χ1n) is 7.59. The number of carbonyl (C=O) groups excluding carboxylic acids is 1. The molecule has 0 bridgehead atoms. The van der Waals surface area contributed by atoms with Gasteiger partial charge in [0.05, 0.1) is 5.56 Å². The molecule has 1 amide bonds. The van der Waals surface area contributed by atoms with E-state index >= 15 is 0 Å². The molecule has 2 rings (SSSR count). The van der Waals surface area contributed by atoms with Crippen molar-refractivity contribution >= 4 is 18.0 Å². The maximum atomic E-state index is 13.5. The molecule has 2 aromatic carbocycles. The summed E-state index contributed by atoms with van der Waals surface area (Å²) in [6, 6.07) is 3.27. The third kappa shape index (κ3) is 4.70. The fourth-order valence-electron chi connectivity index (χ4n) is 2.20. The maximum Gasteiger partial charge on any atom is 0.326 e. The van der Waals surface area contributed by atoms with Gasteiger partial charge in [-0.05, 0) is 23.8 Å². The van der Waals surface area contributed by atoms with Gasteiger partial charge in [0.15, 0.2) is 23.3 Å². The number of carbonyl (C=O) groups is 2. The van der Waals surface area contributed by atoms with Crippen molar-refractivity contribution in [1.82, 2.24) is 5.32 Å². The minimum absolute atomic E-state index is 0.238. The third-order valence-electron chi connectivity index (χ3n) is 3.61. The van der Waals surface area contributed by atoms with Crippen LogP contribution in [-0.2, 0) is 16.0 Å². The van der Waals surface area contributed by atoms with E-state index in [-0.39, 0.29) is 6.42 Å². The Labute approximate surface area is 154 Å². The molecule has 148 valence electrons. The van der Waals surface area contributed by atoms with E-state index in [1.54, 1.807) is 0 Å². The van der Waals surface area contributed by atoms with Crippen LogP contribution in [0.1, 0.15) is 11.1 Å². The molecule has 2 N–H and O–H groups in total. The Balaban J connectivity index is 2.17. The van der Waals surface area contributed by atoms with E-state index < -0.39 is 58.4 Å². The molecule has 0 saturated heterocycles. The van der Waals surface area contributed by atoms with Gasteiger partial charge in [0.25, 0.3) is 0 Å². The first-order valence-corrected chi connectivity index (χ1v) is 7.59. The summed E-state index contributed by atoms with van der Waals surface area (Å²) in [5.74, 6) is -14.1. The topological polar surface area (TPSA) is 66.4 Å². The summed E-state index contributed by atoms with van der Waals surface area (Å²) in [5.41, 5.74) is -0.977. The van der Waals surface area contributed by atoms with Crippen LogP contribution in [0.4, 0.5) is 26.3 Å². The van der Waals surface area contributed by atoms with Crippen molar-refractivity contribution in [3.8, 4) is 0 Å². The van der Waals surface area contributed by atoms with Crippen LogP contribution in [0.15, 0.2) is 30.3 Å². The van der Waals surface area contributed by atoms with E-state index in [2.05, 4.69) is 0 Å². The minimum atomic E-state index is -2.35. The van der Waals surface area contributed by atoms with Crippen molar-refractivity contribution in [3.05, 3.63) is 76.4 Å². The Morgan fingerprint density at radius 2 is 1.39 bits per heavy atom. The lowest BCUT2D eigenvalue weighted by Crippen LogP contribution is -2.41. The van der Waals surface area contributed by atoms with Gasteiger partial charge in [-0.25, -0.2) is 31.1 Å². The lowest BCUT2D eigenvalue weighted by atomic mass is 10.1. The molecule has 0 aliphatic rings. The largest absolute Gasteiger partial charge is 0.480 e. The third-order valence-corrected chi connectivity index (χ3v) is 3.61. The summed E-state index contributed by atoms with van der Waals surface area (Å²) < 4.78 is 79.1. The second-order valence-electron chi connectivity index (χ2n) is 5.55.